The number of aliphatic hydroxyl groups is 1. The molecule has 2 aliphatic rings. The second-order valence-electron chi connectivity index (χ2n) is 5.17. The Labute approximate surface area is 102 Å². The minimum Gasteiger partial charge on any atom is -0.388 e. The maximum absolute atomic E-state index is 11.6. The Balaban J connectivity index is 1.67. The molecule has 2 rings (SSSR count). The molecule has 98 valence electrons. The van der Waals surface area contributed by atoms with E-state index < -0.39 is 5.60 Å². The number of ether oxygens (including phenoxy) is 1. The van der Waals surface area contributed by atoms with E-state index in [2.05, 4.69) is 10.6 Å². The predicted octanol–water partition coefficient (Wildman–Crippen LogP) is 0.770. The summed E-state index contributed by atoms with van der Waals surface area (Å²) in [6, 6.07) is -0.0736. The molecule has 0 aromatic heterocycles. The molecule has 5 heteroatoms. The molecule has 1 saturated heterocycles. The van der Waals surface area contributed by atoms with E-state index in [1.165, 1.54) is 6.42 Å². The summed E-state index contributed by atoms with van der Waals surface area (Å²) in [6.45, 7) is 1.67. The van der Waals surface area contributed by atoms with Gasteiger partial charge in [0.05, 0.1) is 18.2 Å². The van der Waals surface area contributed by atoms with Crippen LogP contribution >= 0.6 is 0 Å². The van der Waals surface area contributed by atoms with Crippen molar-refractivity contribution in [1.82, 2.24) is 10.6 Å². The van der Waals surface area contributed by atoms with Gasteiger partial charge in [-0.05, 0) is 19.3 Å². The summed E-state index contributed by atoms with van der Waals surface area (Å²) in [6.07, 6.45) is 5.75. The third-order valence-electron chi connectivity index (χ3n) is 3.63. The van der Waals surface area contributed by atoms with Crippen molar-refractivity contribution in [3.05, 3.63) is 0 Å². The molecule has 0 aromatic carbocycles. The number of carbonyl (C=O) groups excluding carboxylic acids is 1. The van der Waals surface area contributed by atoms with E-state index in [1.54, 1.807) is 0 Å². The summed E-state index contributed by atoms with van der Waals surface area (Å²) >= 11 is 0. The van der Waals surface area contributed by atoms with Crippen LogP contribution in [0.4, 0.5) is 4.79 Å². The van der Waals surface area contributed by atoms with Crippen molar-refractivity contribution >= 4 is 6.03 Å². The molecule has 1 aliphatic heterocycles. The van der Waals surface area contributed by atoms with Crippen LogP contribution in [0.2, 0.25) is 0 Å². The molecule has 17 heavy (non-hydrogen) atoms. The summed E-state index contributed by atoms with van der Waals surface area (Å²) in [7, 11) is 0. The van der Waals surface area contributed by atoms with E-state index in [0.717, 1.165) is 38.7 Å². The summed E-state index contributed by atoms with van der Waals surface area (Å²) in [5.41, 5.74) is -0.693. The highest BCUT2D eigenvalue weighted by molar-refractivity contribution is 5.74. The average molecular weight is 242 g/mol. The van der Waals surface area contributed by atoms with Crippen molar-refractivity contribution in [1.29, 1.82) is 0 Å². The summed E-state index contributed by atoms with van der Waals surface area (Å²) in [4.78, 5) is 11.6. The largest absolute Gasteiger partial charge is 0.388 e. The molecule has 1 atom stereocenters. The zero-order valence-electron chi connectivity index (χ0n) is 10.2. The third-order valence-corrected chi connectivity index (χ3v) is 3.63. The van der Waals surface area contributed by atoms with E-state index >= 15 is 0 Å². The van der Waals surface area contributed by atoms with Gasteiger partial charge in [-0.25, -0.2) is 4.79 Å². The van der Waals surface area contributed by atoms with Crippen LogP contribution in [-0.2, 0) is 4.74 Å². The molecule has 0 radical (unpaired) electrons. The number of hydrogen-bond donors (Lipinski definition) is 3. The van der Waals surface area contributed by atoms with Gasteiger partial charge in [-0.2, -0.15) is 0 Å². The van der Waals surface area contributed by atoms with Gasteiger partial charge >= 0.3 is 6.03 Å². The van der Waals surface area contributed by atoms with Crippen LogP contribution in [0.3, 0.4) is 0 Å². The Bertz CT molecular complexity index is 258. The van der Waals surface area contributed by atoms with Gasteiger partial charge in [0.15, 0.2) is 0 Å². The maximum atomic E-state index is 11.6. The van der Waals surface area contributed by atoms with Gasteiger partial charge in [0.1, 0.15) is 0 Å². The Kier molecular flexibility index (Phi) is 4.23. The second kappa shape index (κ2) is 5.69. The third kappa shape index (κ3) is 3.85. The maximum Gasteiger partial charge on any atom is 0.315 e. The first-order valence-corrected chi connectivity index (χ1v) is 6.52. The molecule has 0 bridgehead atoms. The molecular formula is C12H22N2O3. The van der Waals surface area contributed by atoms with Crippen molar-refractivity contribution in [3.63, 3.8) is 0 Å². The van der Waals surface area contributed by atoms with E-state index in [0.29, 0.717) is 13.2 Å². The highest BCUT2D eigenvalue weighted by atomic mass is 16.5. The van der Waals surface area contributed by atoms with E-state index in [4.69, 9.17) is 4.74 Å². The molecular weight excluding hydrogens is 220 g/mol. The van der Waals surface area contributed by atoms with Crippen molar-refractivity contribution < 1.29 is 14.6 Å². The Morgan fingerprint density at radius 3 is 2.76 bits per heavy atom. The molecule has 1 heterocycles. The van der Waals surface area contributed by atoms with Gasteiger partial charge in [0, 0.05) is 13.2 Å². The van der Waals surface area contributed by atoms with E-state index in [1.807, 2.05) is 0 Å². The van der Waals surface area contributed by atoms with Crippen LogP contribution in [0.1, 0.15) is 38.5 Å². The first kappa shape index (κ1) is 12.6. The Hall–Kier alpha value is -0.810. The second-order valence-corrected chi connectivity index (χ2v) is 5.17. The van der Waals surface area contributed by atoms with Crippen molar-refractivity contribution in [2.24, 2.45) is 0 Å². The lowest BCUT2D eigenvalue weighted by Crippen LogP contribution is -2.49. The van der Waals surface area contributed by atoms with Crippen LogP contribution in [-0.4, -0.2) is 42.5 Å². The predicted molar refractivity (Wildman–Crippen MR) is 63.8 cm³/mol. The Morgan fingerprint density at radius 1 is 1.35 bits per heavy atom. The monoisotopic (exact) mass is 242 g/mol. The van der Waals surface area contributed by atoms with Gasteiger partial charge in [-0.1, -0.05) is 19.3 Å². The molecule has 2 fully saturated rings. The van der Waals surface area contributed by atoms with Gasteiger partial charge in [-0.3, -0.25) is 0 Å². The fraction of sp³-hybridized carbons (Fsp3) is 0.917. The van der Waals surface area contributed by atoms with Gasteiger partial charge in [0.2, 0.25) is 0 Å². The SMILES string of the molecule is O=C(NCC1(O)CCCCC1)NC1CCOC1. The lowest BCUT2D eigenvalue weighted by molar-refractivity contribution is 0.00712. The van der Waals surface area contributed by atoms with Crippen LogP contribution < -0.4 is 10.6 Å². The fourth-order valence-electron chi connectivity index (χ4n) is 2.52. The number of carbonyl (C=O) groups is 1. The quantitative estimate of drug-likeness (QED) is 0.684. The molecule has 3 N–H and O–H groups in total. The van der Waals surface area contributed by atoms with Gasteiger partial charge in [0.25, 0.3) is 0 Å². The minimum atomic E-state index is -0.693. The van der Waals surface area contributed by atoms with Crippen molar-refractivity contribution in [3.8, 4) is 0 Å². The van der Waals surface area contributed by atoms with E-state index in [9.17, 15) is 9.90 Å². The standard InChI is InChI=1S/C12H22N2O3/c15-11(14-10-4-7-17-8-10)13-9-12(16)5-2-1-3-6-12/h10,16H,1-9H2,(H2,13,14,15). The number of rotatable bonds is 3. The zero-order valence-corrected chi connectivity index (χ0v) is 10.2. The minimum absolute atomic E-state index is 0.121. The molecule has 1 unspecified atom stereocenters. The molecule has 1 aliphatic carbocycles. The van der Waals surface area contributed by atoms with Crippen LogP contribution in [0.5, 0.6) is 0 Å². The number of amides is 2. The number of hydrogen-bond acceptors (Lipinski definition) is 3. The van der Waals surface area contributed by atoms with Crippen molar-refractivity contribution in [2.75, 3.05) is 19.8 Å². The molecule has 0 spiro atoms. The normalized spacial score (nSPS) is 27.7. The average Bonchev–Trinajstić information content (AvgIpc) is 2.80. The van der Waals surface area contributed by atoms with E-state index in [-0.39, 0.29) is 12.1 Å². The summed E-state index contributed by atoms with van der Waals surface area (Å²) in [5.74, 6) is 0. The highest BCUT2D eigenvalue weighted by Gasteiger charge is 2.29. The zero-order chi connectivity index (χ0) is 12.1. The lowest BCUT2D eigenvalue weighted by atomic mass is 9.85. The van der Waals surface area contributed by atoms with Crippen molar-refractivity contribution in [2.45, 2.75) is 50.2 Å². The van der Waals surface area contributed by atoms with Gasteiger partial charge in [-0.15, -0.1) is 0 Å². The Morgan fingerprint density at radius 2 is 2.12 bits per heavy atom. The summed E-state index contributed by atoms with van der Waals surface area (Å²) in [5, 5.41) is 15.8. The molecule has 5 nitrogen and oxygen atoms in total. The summed E-state index contributed by atoms with van der Waals surface area (Å²) < 4.78 is 5.18. The highest BCUT2D eigenvalue weighted by Crippen LogP contribution is 2.27. The number of nitrogens with one attached hydrogen (secondary N) is 2. The smallest absolute Gasteiger partial charge is 0.315 e. The fourth-order valence-corrected chi connectivity index (χ4v) is 2.52. The molecule has 0 aromatic rings. The van der Waals surface area contributed by atoms with Crippen LogP contribution in [0.15, 0.2) is 0 Å². The van der Waals surface area contributed by atoms with Crippen LogP contribution in [0.25, 0.3) is 0 Å². The first-order valence-electron chi connectivity index (χ1n) is 6.52. The molecule has 2 amide bonds. The van der Waals surface area contributed by atoms with Crippen LogP contribution in [0, 0.1) is 0 Å². The first-order chi connectivity index (χ1) is 8.18. The number of urea groups is 1. The topological polar surface area (TPSA) is 70.6 Å². The van der Waals surface area contributed by atoms with Gasteiger partial charge < -0.3 is 20.5 Å². The molecule has 1 saturated carbocycles. The lowest BCUT2D eigenvalue weighted by Gasteiger charge is -2.32.